The fourth-order valence-electron chi connectivity index (χ4n) is 3.84. The van der Waals surface area contributed by atoms with Crippen LogP contribution in [0.3, 0.4) is 0 Å². The van der Waals surface area contributed by atoms with Crippen molar-refractivity contribution >= 4 is 27.3 Å². The van der Waals surface area contributed by atoms with Crippen LogP contribution >= 0.6 is 11.3 Å². The van der Waals surface area contributed by atoms with Crippen LogP contribution in [0.15, 0.2) is 40.6 Å². The number of aliphatic carboxylic acids is 1. The lowest BCUT2D eigenvalue weighted by Crippen LogP contribution is -2.46. The Balaban J connectivity index is 2.02. The molecule has 1 heterocycles. The summed E-state index contributed by atoms with van der Waals surface area (Å²) in [4.78, 5) is 11.5. The summed E-state index contributed by atoms with van der Waals surface area (Å²) in [5.41, 5.74) is -1.35. The Labute approximate surface area is 220 Å². The predicted molar refractivity (Wildman–Crippen MR) is 137 cm³/mol. The average molecular weight is 565 g/mol. The van der Waals surface area contributed by atoms with Gasteiger partial charge in [0.25, 0.3) is 0 Å². The topological polar surface area (TPSA) is 107 Å². The molecule has 0 aliphatic rings. The van der Waals surface area contributed by atoms with Gasteiger partial charge in [-0.15, -0.1) is 11.3 Å². The Morgan fingerprint density at radius 1 is 1.16 bits per heavy atom. The van der Waals surface area contributed by atoms with Crippen LogP contribution in [0.1, 0.15) is 55.5 Å². The van der Waals surface area contributed by atoms with Crippen molar-refractivity contribution < 1.29 is 36.6 Å². The second-order valence-corrected chi connectivity index (χ2v) is 12.8. The SMILES string of the molecule is CN(C[C@H](O)CNC(C)(C)CCCc1cccs1)S(=O)(=O)c1cc(CCCC(=O)O)cc(C(F)(F)F)c1. The minimum atomic E-state index is -4.77. The number of rotatable bonds is 15. The number of alkyl halides is 3. The minimum Gasteiger partial charge on any atom is -0.481 e. The first-order chi connectivity index (χ1) is 17.1. The van der Waals surface area contributed by atoms with Crippen molar-refractivity contribution in [1.29, 1.82) is 0 Å². The lowest BCUT2D eigenvalue weighted by atomic mass is 9.96. The number of sulfonamides is 1. The second kappa shape index (κ2) is 13.2. The number of hydrogen-bond donors (Lipinski definition) is 3. The molecule has 0 fully saturated rings. The van der Waals surface area contributed by atoms with Crippen LogP contribution in [-0.2, 0) is 33.8 Å². The second-order valence-electron chi connectivity index (χ2n) is 9.75. The molecule has 0 radical (unpaired) electrons. The lowest BCUT2D eigenvalue weighted by Gasteiger charge is -2.29. The summed E-state index contributed by atoms with van der Waals surface area (Å²) < 4.78 is 67.3. The van der Waals surface area contributed by atoms with E-state index in [0.717, 1.165) is 35.7 Å². The van der Waals surface area contributed by atoms with Crippen molar-refractivity contribution in [1.82, 2.24) is 9.62 Å². The molecule has 1 aromatic carbocycles. The number of halogens is 3. The molecule has 1 atom stereocenters. The number of nitrogens with one attached hydrogen (secondary N) is 1. The fourth-order valence-corrected chi connectivity index (χ4v) is 5.90. The van der Waals surface area contributed by atoms with E-state index in [4.69, 9.17) is 5.11 Å². The van der Waals surface area contributed by atoms with Crippen molar-refractivity contribution in [2.75, 3.05) is 20.1 Å². The van der Waals surface area contributed by atoms with Crippen molar-refractivity contribution in [2.24, 2.45) is 0 Å². The van der Waals surface area contributed by atoms with Gasteiger partial charge in [0.1, 0.15) is 0 Å². The smallest absolute Gasteiger partial charge is 0.416 e. The molecule has 0 bridgehead atoms. The maximum absolute atomic E-state index is 13.4. The Kier molecular flexibility index (Phi) is 11.1. The summed E-state index contributed by atoms with van der Waals surface area (Å²) in [6.45, 7) is 3.77. The van der Waals surface area contributed by atoms with Gasteiger partial charge in [-0.25, -0.2) is 8.42 Å². The standard InChI is InChI=1S/C25H35F3N2O5S2/c1-24(2,11-5-8-21-9-6-12-36-21)29-16-20(31)17-30(3)37(34,35)22-14-18(7-4-10-23(32)33)13-19(15-22)25(26,27)28/h6,9,12-15,20,29,31H,4-5,7-8,10-11,16-17H2,1-3H3,(H,32,33)/t20-/m1/s1. The molecule has 0 saturated heterocycles. The summed E-state index contributed by atoms with van der Waals surface area (Å²) in [6, 6.07) is 6.61. The van der Waals surface area contributed by atoms with E-state index in [1.807, 2.05) is 25.3 Å². The van der Waals surface area contributed by atoms with Crippen LogP contribution in [0.5, 0.6) is 0 Å². The quantitative estimate of drug-likeness (QED) is 0.293. The molecule has 0 aliphatic carbocycles. The van der Waals surface area contributed by atoms with Gasteiger partial charge in [-0.3, -0.25) is 4.79 Å². The first-order valence-corrected chi connectivity index (χ1v) is 14.3. The minimum absolute atomic E-state index is 0.0173. The van der Waals surface area contributed by atoms with E-state index in [2.05, 4.69) is 11.4 Å². The van der Waals surface area contributed by atoms with Crippen molar-refractivity contribution in [3.05, 3.63) is 51.7 Å². The Morgan fingerprint density at radius 2 is 1.86 bits per heavy atom. The monoisotopic (exact) mass is 564 g/mol. The number of carboxylic acids is 1. The van der Waals surface area contributed by atoms with Crippen molar-refractivity contribution in [3.8, 4) is 0 Å². The van der Waals surface area contributed by atoms with E-state index in [-0.39, 0.29) is 43.5 Å². The van der Waals surface area contributed by atoms with Crippen LogP contribution in [0.2, 0.25) is 0 Å². The maximum atomic E-state index is 13.4. The van der Waals surface area contributed by atoms with E-state index in [1.54, 1.807) is 11.3 Å². The van der Waals surface area contributed by atoms with Gasteiger partial charge in [-0.2, -0.15) is 17.5 Å². The highest BCUT2D eigenvalue weighted by Gasteiger charge is 2.34. The van der Waals surface area contributed by atoms with Gasteiger partial charge in [0.15, 0.2) is 0 Å². The van der Waals surface area contributed by atoms with Crippen LogP contribution < -0.4 is 5.32 Å². The number of aryl methyl sites for hydroxylation is 2. The summed E-state index contributed by atoms with van der Waals surface area (Å²) in [7, 11) is -3.14. The van der Waals surface area contributed by atoms with Crippen LogP contribution in [0.4, 0.5) is 13.2 Å². The number of carbonyl (C=O) groups is 1. The van der Waals surface area contributed by atoms with E-state index >= 15 is 0 Å². The number of benzene rings is 1. The van der Waals surface area contributed by atoms with Crippen molar-refractivity contribution in [2.45, 2.75) is 75.1 Å². The normalized spacial score (nSPS) is 13.7. The Bertz CT molecular complexity index is 1120. The molecular formula is C25H35F3N2O5S2. The maximum Gasteiger partial charge on any atom is 0.416 e. The highest BCUT2D eigenvalue weighted by atomic mass is 32.2. The number of hydrogen-bond acceptors (Lipinski definition) is 6. The number of nitrogens with zero attached hydrogens (tertiary/aromatic N) is 1. The first-order valence-electron chi connectivity index (χ1n) is 11.9. The van der Waals surface area contributed by atoms with Crippen LogP contribution in [-0.4, -0.2) is 60.7 Å². The molecule has 208 valence electrons. The predicted octanol–water partition coefficient (Wildman–Crippen LogP) is 4.55. The van der Waals surface area contributed by atoms with E-state index in [0.29, 0.717) is 6.07 Å². The Hall–Kier alpha value is -1.99. The third kappa shape index (κ3) is 10.4. The Morgan fingerprint density at radius 3 is 2.46 bits per heavy atom. The van der Waals surface area contributed by atoms with Gasteiger partial charge in [0.05, 0.1) is 16.6 Å². The molecule has 0 unspecified atom stereocenters. The van der Waals surface area contributed by atoms with Gasteiger partial charge in [0, 0.05) is 37.0 Å². The molecule has 0 aliphatic heterocycles. The van der Waals surface area contributed by atoms with Gasteiger partial charge in [-0.05, 0) is 81.2 Å². The number of carboxylic acid groups (broad SMARTS) is 1. The third-order valence-electron chi connectivity index (χ3n) is 5.95. The van der Waals surface area contributed by atoms with Gasteiger partial charge < -0.3 is 15.5 Å². The average Bonchev–Trinajstić information content (AvgIpc) is 3.30. The zero-order valence-corrected chi connectivity index (χ0v) is 22.8. The van der Waals surface area contributed by atoms with Crippen LogP contribution in [0.25, 0.3) is 0 Å². The third-order valence-corrected chi connectivity index (χ3v) is 8.68. The summed E-state index contributed by atoms with van der Waals surface area (Å²) in [5.74, 6) is -1.09. The summed E-state index contributed by atoms with van der Waals surface area (Å²) in [5, 5.41) is 24.5. The fraction of sp³-hybridized carbons (Fsp3) is 0.560. The molecule has 7 nitrogen and oxygen atoms in total. The number of aliphatic hydroxyl groups excluding tert-OH is 1. The highest BCUT2D eigenvalue weighted by molar-refractivity contribution is 7.89. The molecule has 0 amide bonds. The molecule has 12 heteroatoms. The summed E-state index contributed by atoms with van der Waals surface area (Å²) in [6.07, 6.45) is -3.34. The van der Waals surface area contributed by atoms with E-state index in [1.165, 1.54) is 11.9 Å². The molecule has 1 aromatic heterocycles. The largest absolute Gasteiger partial charge is 0.481 e. The summed E-state index contributed by atoms with van der Waals surface area (Å²) >= 11 is 1.70. The molecular weight excluding hydrogens is 529 g/mol. The van der Waals surface area contributed by atoms with E-state index in [9.17, 15) is 31.5 Å². The first kappa shape index (κ1) is 31.2. The number of likely N-dealkylation sites (N-methyl/N-ethyl adjacent to an activating group) is 1. The van der Waals surface area contributed by atoms with Crippen LogP contribution in [0, 0.1) is 0 Å². The molecule has 2 aromatic rings. The molecule has 2 rings (SSSR count). The number of β-amino-alcohol motifs (C(OH)–C–C–N with tert-alkyl or cyclic N) is 1. The van der Waals surface area contributed by atoms with Gasteiger partial charge in [0.2, 0.25) is 10.0 Å². The highest BCUT2D eigenvalue weighted by Crippen LogP contribution is 2.33. The van der Waals surface area contributed by atoms with Gasteiger partial charge in [-0.1, -0.05) is 6.07 Å². The van der Waals surface area contributed by atoms with E-state index < -0.39 is 38.7 Å². The molecule has 0 saturated carbocycles. The molecule has 0 spiro atoms. The molecule has 37 heavy (non-hydrogen) atoms. The lowest BCUT2D eigenvalue weighted by molar-refractivity contribution is -0.138. The zero-order valence-electron chi connectivity index (χ0n) is 21.2. The van der Waals surface area contributed by atoms with Gasteiger partial charge >= 0.3 is 12.1 Å². The number of thiophene rings is 1. The van der Waals surface area contributed by atoms with Crippen molar-refractivity contribution in [3.63, 3.8) is 0 Å². The molecule has 3 N–H and O–H groups in total. The zero-order chi connectivity index (χ0) is 27.9. The number of aliphatic hydroxyl groups is 1.